The molecular weight excluding hydrogens is 332 g/mol. The lowest BCUT2D eigenvalue weighted by Gasteiger charge is -2.23. The number of hydrogen-bond donors (Lipinski definition) is 1. The van der Waals surface area contributed by atoms with Gasteiger partial charge in [0.25, 0.3) is 5.91 Å². The summed E-state index contributed by atoms with van der Waals surface area (Å²) in [7, 11) is 4.05. The Morgan fingerprint density at radius 1 is 1.28 bits per heavy atom. The molecule has 4 nitrogen and oxygen atoms in total. The average Bonchev–Trinajstić information content (AvgIpc) is 3.06. The first-order valence-corrected chi connectivity index (χ1v) is 9.46. The zero-order valence-electron chi connectivity index (χ0n) is 15.7. The van der Waals surface area contributed by atoms with Crippen molar-refractivity contribution in [3.63, 3.8) is 0 Å². The predicted molar refractivity (Wildman–Crippen MR) is 105 cm³/mol. The minimum absolute atomic E-state index is 0.0355. The van der Waals surface area contributed by atoms with Crippen molar-refractivity contribution in [2.24, 2.45) is 0 Å². The maximum absolute atomic E-state index is 12.2. The molecule has 2 rings (SSSR count). The molecule has 0 aliphatic carbocycles. The molecule has 1 heterocycles. The van der Waals surface area contributed by atoms with E-state index in [2.05, 4.69) is 47.6 Å². The smallest absolute Gasteiger partial charge is 0.258 e. The summed E-state index contributed by atoms with van der Waals surface area (Å²) in [6, 6.07) is 10.5. The SMILES string of the molecule is Cc1ccc(C(C)C)c(OCC(=O)NC[C@@H](c2cccs2)N(C)C)c1. The number of amides is 1. The number of likely N-dealkylation sites (N-methyl/N-ethyl adjacent to an activating group) is 1. The fraction of sp³-hybridized carbons (Fsp3) is 0.450. The second-order valence-electron chi connectivity index (χ2n) is 6.78. The molecule has 1 aromatic carbocycles. The normalized spacial score (nSPS) is 12.4. The monoisotopic (exact) mass is 360 g/mol. The fourth-order valence-corrected chi connectivity index (χ4v) is 3.59. The molecule has 0 unspecified atom stereocenters. The summed E-state index contributed by atoms with van der Waals surface area (Å²) >= 11 is 1.70. The van der Waals surface area contributed by atoms with Crippen molar-refractivity contribution < 1.29 is 9.53 Å². The largest absolute Gasteiger partial charge is 0.483 e. The van der Waals surface area contributed by atoms with Gasteiger partial charge in [0.2, 0.25) is 0 Å². The van der Waals surface area contributed by atoms with Crippen LogP contribution in [-0.4, -0.2) is 38.1 Å². The van der Waals surface area contributed by atoms with Crippen molar-refractivity contribution >= 4 is 17.2 Å². The summed E-state index contributed by atoms with van der Waals surface area (Å²) in [6.07, 6.45) is 0. The second-order valence-corrected chi connectivity index (χ2v) is 7.76. The van der Waals surface area contributed by atoms with Crippen molar-refractivity contribution in [2.75, 3.05) is 27.2 Å². The maximum Gasteiger partial charge on any atom is 0.258 e. The molecule has 0 aliphatic heterocycles. The molecule has 2 aromatic rings. The quantitative estimate of drug-likeness (QED) is 0.774. The van der Waals surface area contributed by atoms with E-state index in [4.69, 9.17) is 4.74 Å². The van der Waals surface area contributed by atoms with E-state index in [1.54, 1.807) is 11.3 Å². The lowest BCUT2D eigenvalue weighted by Crippen LogP contribution is -2.36. The van der Waals surface area contributed by atoms with E-state index < -0.39 is 0 Å². The van der Waals surface area contributed by atoms with Gasteiger partial charge in [-0.2, -0.15) is 0 Å². The summed E-state index contributed by atoms with van der Waals surface area (Å²) in [6.45, 7) is 6.88. The van der Waals surface area contributed by atoms with Gasteiger partial charge in [-0.15, -0.1) is 11.3 Å². The van der Waals surface area contributed by atoms with E-state index in [0.717, 1.165) is 16.9 Å². The van der Waals surface area contributed by atoms with Crippen LogP contribution in [0, 0.1) is 6.92 Å². The van der Waals surface area contributed by atoms with Crippen LogP contribution >= 0.6 is 11.3 Å². The number of nitrogens with zero attached hydrogens (tertiary/aromatic N) is 1. The van der Waals surface area contributed by atoms with Crippen LogP contribution in [0.15, 0.2) is 35.7 Å². The van der Waals surface area contributed by atoms with Crippen LogP contribution in [0.4, 0.5) is 0 Å². The third-order valence-corrected chi connectivity index (χ3v) is 5.11. The van der Waals surface area contributed by atoms with Gasteiger partial charge in [0.05, 0.1) is 6.04 Å². The zero-order chi connectivity index (χ0) is 18.4. The first-order chi connectivity index (χ1) is 11.9. The number of hydrogen-bond acceptors (Lipinski definition) is 4. The van der Waals surface area contributed by atoms with E-state index in [1.165, 1.54) is 4.88 Å². The maximum atomic E-state index is 12.2. The number of benzene rings is 1. The van der Waals surface area contributed by atoms with Crippen LogP contribution in [0.1, 0.15) is 41.8 Å². The summed E-state index contributed by atoms with van der Waals surface area (Å²) < 4.78 is 5.80. The Labute approximate surface area is 154 Å². The number of carbonyl (C=O) groups excluding carboxylic acids is 1. The highest BCUT2D eigenvalue weighted by atomic mass is 32.1. The summed E-state index contributed by atoms with van der Waals surface area (Å²) in [5, 5.41) is 5.04. The Kier molecular flexibility index (Phi) is 7.02. The van der Waals surface area contributed by atoms with E-state index in [1.807, 2.05) is 33.2 Å². The minimum Gasteiger partial charge on any atom is -0.483 e. The molecule has 0 spiro atoms. The average molecular weight is 361 g/mol. The van der Waals surface area contributed by atoms with E-state index in [0.29, 0.717) is 12.5 Å². The van der Waals surface area contributed by atoms with Crippen molar-refractivity contribution in [3.05, 3.63) is 51.7 Å². The van der Waals surface area contributed by atoms with Crippen molar-refractivity contribution in [1.29, 1.82) is 0 Å². The number of nitrogens with one attached hydrogen (secondary N) is 1. The van der Waals surface area contributed by atoms with Crippen molar-refractivity contribution in [2.45, 2.75) is 32.7 Å². The molecule has 0 aliphatic rings. The van der Waals surface area contributed by atoms with Gasteiger partial charge in [0.15, 0.2) is 6.61 Å². The number of rotatable bonds is 8. The fourth-order valence-electron chi connectivity index (χ4n) is 2.67. The Balaban J connectivity index is 1.92. The van der Waals surface area contributed by atoms with Crippen molar-refractivity contribution in [1.82, 2.24) is 10.2 Å². The molecule has 5 heteroatoms. The molecule has 136 valence electrons. The van der Waals surface area contributed by atoms with Crippen LogP contribution in [0.25, 0.3) is 0 Å². The molecule has 0 radical (unpaired) electrons. The van der Waals surface area contributed by atoms with Gasteiger partial charge in [0.1, 0.15) is 5.75 Å². The van der Waals surface area contributed by atoms with Gasteiger partial charge in [-0.25, -0.2) is 0 Å². The number of carbonyl (C=O) groups is 1. The zero-order valence-corrected chi connectivity index (χ0v) is 16.5. The predicted octanol–water partition coefficient (Wildman–Crippen LogP) is 3.98. The van der Waals surface area contributed by atoms with Gasteiger partial charge >= 0.3 is 0 Å². The molecular formula is C20H28N2O2S. The molecule has 0 fully saturated rings. The highest BCUT2D eigenvalue weighted by Crippen LogP contribution is 2.27. The lowest BCUT2D eigenvalue weighted by atomic mass is 10.0. The first-order valence-electron chi connectivity index (χ1n) is 8.58. The third kappa shape index (κ3) is 5.58. The number of thiophene rings is 1. The van der Waals surface area contributed by atoms with Crippen LogP contribution in [0.5, 0.6) is 5.75 Å². The van der Waals surface area contributed by atoms with Crippen LogP contribution < -0.4 is 10.1 Å². The Hall–Kier alpha value is -1.85. The van der Waals surface area contributed by atoms with Crippen LogP contribution in [0.3, 0.4) is 0 Å². The topological polar surface area (TPSA) is 41.6 Å². The minimum atomic E-state index is -0.0976. The van der Waals surface area contributed by atoms with E-state index >= 15 is 0 Å². The molecule has 25 heavy (non-hydrogen) atoms. The van der Waals surface area contributed by atoms with Gasteiger partial charge in [-0.3, -0.25) is 4.79 Å². The standard InChI is InChI=1S/C20H28N2O2S/c1-14(2)16-9-8-15(3)11-18(16)24-13-20(23)21-12-17(22(4)5)19-7-6-10-25-19/h6-11,14,17H,12-13H2,1-5H3,(H,21,23)/t17-/m0/s1. The first kappa shape index (κ1) is 19.5. The van der Waals surface area contributed by atoms with Crippen LogP contribution in [-0.2, 0) is 4.79 Å². The number of aryl methyl sites for hydroxylation is 1. The Morgan fingerprint density at radius 2 is 2.04 bits per heavy atom. The molecule has 1 atom stereocenters. The molecule has 1 N–H and O–H groups in total. The van der Waals surface area contributed by atoms with E-state index in [9.17, 15) is 4.79 Å². The Morgan fingerprint density at radius 3 is 2.64 bits per heavy atom. The van der Waals surface area contributed by atoms with Gasteiger partial charge in [0, 0.05) is 11.4 Å². The molecule has 0 bridgehead atoms. The van der Waals surface area contributed by atoms with Gasteiger partial charge < -0.3 is 15.0 Å². The van der Waals surface area contributed by atoms with Gasteiger partial charge in [-0.05, 0) is 55.6 Å². The summed E-state index contributed by atoms with van der Waals surface area (Å²) in [5.41, 5.74) is 2.26. The Bertz CT molecular complexity index is 681. The summed E-state index contributed by atoms with van der Waals surface area (Å²) in [4.78, 5) is 15.6. The van der Waals surface area contributed by atoms with Crippen LogP contribution in [0.2, 0.25) is 0 Å². The molecule has 1 amide bonds. The highest BCUT2D eigenvalue weighted by molar-refractivity contribution is 7.10. The summed E-state index contributed by atoms with van der Waals surface area (Å²) in [5.74, 6) is 1.06. The molecule has 0 saturated carbocycles. The second kappa shape index (κ2) is 9.02. The van der Waals surface area contributed by atoms with E-state index in [-0.39, 0.29) is 18.6 Å². The lowest BCUT2D eigenvalue weighted by molar-refractivity contribution is -0.123. The molecule has 1 aromatic heterocycles. The molecule has 0 saturated heterocycles. The third-order valence-electron chi connectivity index (χ3n) is 4.14. The van der Waals surface area contributed by atoms with Crippen molar-refractivity contribution in [3.8, 4) is 5.75 Å². The highest BCUT2D eigenvalue weighted by Gasteiger charge is 2.17. The van der Waals surface area contributed by atoms with Gasteiger partial charge in [-0.1, -0.05) is 32.0 Å². The number of ether oxygens (including phenoxy) is 1.